The number of carbonyl (C=O) groups is 1. The first-order valence-electron chi connectivity index (χ1n) is 8.85. The van der Waals surface area contributed by atoms with Gasteiger partial charge in [0.05, 0.1) is 11.5 Å². The minimum Gasteiger partial charge on any atom is -0.545 e. The quantitative estimate of drug-likeness (QED) is 0.509. The van der Waals surface area contributed by atoms with Crippen molar-refractivity contribution in [1.29, 1.82) is 0 Å². The average molecular weight is 382 g/mol. The van der Waals surface area contributed by atoms with Crippen molar-refractivity contribution >= 4 is 34.0 Å². The molecule has 0 atom stereocenters. The van der Waals surface area contributed by atoms with Gasteiger partial charge in [0.25, 0.3) is 0 Å². The fourth-order valence-corrected chi connectivity index (χ4v) is 2.83. The van der Waals surface area contributed by atoms with Crippen LogP contribution in [0.15, 0.2) is 85.7 Å². The van der Waals surface area contributed by atoms with E-state index in [-0.39, 0.29) is 5.57 Å². The summed E-state index contributed by atoms with van der Waals surface area (Å²) in [6.07, 6.45) is 1.45. The fourth-order valence-electron chi connectivity index (χ4n) is 2.83. The van der Waals surface area contributed by atoms with Gasteiger partial charge in [-0.3, -0.25) is 0 Å². The van der Waals surface area contributed by atoms with Crippen LogP contribution in [0.3, 0.4) is 0 Å². The van der Waals surface area contributed by atoms with Crippen molar-refractivity contribution in [2.24, 2.45) is 0 Å². The lowest BCUT2D eigenvalue weighted by Crippen LogP contribution is -2.22. The van der Waals surface area contributed by atoms with Gasteiger partial charge in [-0.1, -0.05) is 30.8 Å². The molecule has 0 aliphatic rings. The summed E-state index contributed by atoms with van der Waals surface area (Å²) in [6, 6.07) is 22.0. The van der Waals surface area contributed by atoms with Gasteiger partial charge in [-0.05, 0) is 59.7 Å². The zero-order valence-corrected chi connectivity index (χ0v) is 15.3. The highest BCUT2D eigenvalue weighted by atomic mass is 16.5. The topological polar surface area (TPSA) is 87.2 Å². The minimum absolute atomic E-state index is 0.0934. The number of carboxylic acid groups (broad SMARTS) is 1. The van der Waals surface area contributed by atoms with Gasteiger partial charge in [-0.2, -0.15) is 0 Å². The number of nitrogens with zero attached hydrogens (tertiary/aromatic N) is 2. The van der Waals surface area contributed by atoms with Crippen LogP contribution in [0.25, 0.3) is 16.5 Å². The van der Waals surface area contributed by atoms with Crippen molar-refractivity contribution in [2.45, 2.75) is 0 Å². The second-order valence-electron chi connectivity index (χ2n) is 6.28. The van der Waals surface area contributed by atoms with Crippen LogP contribution in [0.5, 0.6) is 11.5 Å². The molecule has 6 nitrogen and oxygen atoms in total. The lowest BCUT2D eigenvalue weighted by molar-refractivity contribution is -0.295. The molecule has 0 aliphatic carbocycles. The highest BCUT2D eigenvalue weighted by Crippen LogP contribution is 2.28. The number of carbonyl (C=O) groups excluding carboxylic acids is 1. The van der Waals surface area contributed by atoms with Gasteiger partial charge in [0.1, 0.15) is 23.6 Å². The number of carboxylic acids is 1. The van der Waals surface area contributed by atoms with Crippen LogP contribution in [-0.2, 0) is 4.79 Å². The molecule has 1 aromatic heterocycles. The summed E-state index contributed by atoms with van der Waals surface area (Å²) in [7, 11) is 0. The van der Waals surface area contributed by atoms with Crippen LogP contribution in [0, 0.1) is 0 Å². The number of hydrogen-bond donors (Lipinski definition) is 1. The maximum Gasteiger partial charge on any atom is 0.141 e. The first-order chi connectivity index (χ1) is 14.1. The summed E-state index contributed by atoms with van der Waals surface area (Å²) in [5.74, 6) is 0.710. The summed E-state index contributed by atoms with van der Waals surface area (Å²) in [6.45, 7) is 3.55. The number of aromatic nitrogens is 2. The van der Waals surface area contributed by atoms with Crippen molar-refractivity contribution in [1.82, 2.24) is 9.97 Å². The first-order valence-corrected chi connectivity index (χ1v) is 8.85. The highest BCUT2D eigenvalue weighted by molar-refractivity contribution is 6.14. The van der Waals surface area contributed by atoms with Gasteiger partial charge in [-0.25, -0.2) is 9.97 Å². The maximum absolute atomic E-state index is 11.1. The summed E-state index contributed by atoms with van der Waals surface area (Å²) in [4.78, 5) is 19.6. The van der Waals surface area contributed by atoms with Crippen molar-refractivity contribution < 1.29 is 14.6 Å². The van der Waals surface area contributed by atoms with Gasteiger partial charge < -0.3 is 20.0 Å². The Balaban J connectivity index is 1.59. The molecule has 0 saturated carbocycles. The van der Waals surface area contributed by atoms with Crippen molar-refractivity contribution in [3.05, 3.63) is 91.3 Å². The van der Waals surface area contributed by atoms with Crippen LogP contribution in [0.2, 0.25) is 0 Å². The van der Waals surface area contributed by atoms with E-state index >= 15 is 0 Å². The lowest BCUT2D eigenvalue weighted by atomic mass is 10.1. The third kappa shape index (κ3) is 4.06. The zero-order chi connectivity index (χ0) is 20.2. The number of ether oxygens (including phenoxy) is 1. The Morgan fingerprint density at radius 3 is 2.38 bits per heavy atom. The summed E-state index contributed by atoms with van der Waals surface area (Å²) < 4.78 is 5.79. The van der Waals surface area contributed by atoms with Crippen LogP contribution >= 0.6 is 0 Å². The molecular formula is C23H16N3O3-. The molecule has 142 valence electrons. The first kappa shape index (κ1) is 18.2. The number of hydrogen-bond acceptors (Lipinski definition) is 6. The predicted molar refractivity (Wildman–Crippen MR) is 110 cm³/mol. The Bertz CT molecular complexity index is 1190. The van der Waals surface area contributed by atoms with E-state index in [0.717, 1.165) is 11.4 Å². The van der Waals surface area contributed by atoms with Gasteiger partial charge in [-0.15, -0.1) is 0 Å². The Morgan fingerprint density at radius 2 is 1.66 bits per heavy atom. The van der Waals surface area contributed by atoms with E-state index in [1.165, 1.54) is 6.33 Å². The molecule has 0 fully saturated rings. The Hall–Kier alpha value is -4.19. The molecule has 29 heavy (non-hydrogen) atoms. The van der Waals surface area contributed by atoms with Gasteiger partial charge >= 0.3 is 0 Å². The SMILES string of the molecule is C=C(C(=O)[O-])c1ccc2ncnc(Nc3ccc(Oc4ccccc4)cc3)c2c1. The molecular weight excluding hydrogens is 366 g/mol. The second kappa shape index (κ2) is 7.82. The Morgan fingerprint density at radius 1 is 0.931 bits per heavy atom. The molecule has 6 heteroatoms. The smallest absolute Gasteiger partial charge is 0.141 e. The molecule has 0 radical (unpaired) electrons. The molecule has 4 aromatic rings. The van der Waals surface area contributed by atoms with Crippen LogP contribution < -0.4 is 15.2 Å². The third-order valence-corrected chi connectivity index (χ3v) is 4.33. The number of rotatable bonds is 6. The largest absolute Gasteiger partial charge is 0.545 e. The average Bonchev–Trinajstić information content (AvgIpc) is 2.75. The van der Waals surface area contributed by atoms with Crippen molar-refractivity contribution in [3.8, 4) is 11.5 Å². The Labute approximate surface area is 167 Å². The molecule has 0 unspecified atom stereocenters. The zero-order valence-electron chi connectivity index (χ0n) is 15.3. The number of nitrogens with one attached hydrogen (secondary N) is 1. The van der Waals surface area contributed by atoms with E-state index in [2.05, 4.69) is 21.9 Å². The summed E-state index contributed by atoms with van der Waals surface area (Å²) >= 11 is 0. The number of aliphatic carboxylic acids is 1. The molecule has 0 spiro atoms. The predicted octanol–water partition coefficient (Wildman–Crippen LogP) is 3.93. The molecule has 1 heterocycles. The van der Waals surface area contributed by atoms with Gasteiger partial charge in [0.2, 0.25) is 0 Å². The van der Waals surface area contributed by atoms with E-state index in [0.29, 0.717) is 28.0 Å². The van der Waals surface area contributed by atoms with E-state index in [9.17, 15) is 9.90 Å². The van der Waals surface area contributed by atoms with Gasteiger partial charge in [0, 0.05) is 11.1 Å². The van der Waals surface area contributed by atoms with Gasteiger partial charge in [0.15, 0.2) is 0 Å². The molecule has 1 N–H and O–H groups in total. The molecule has 0 saturated heterocycles. The van der Waals surface area contributed by atoms with Crippen LogP contribution in [0.1, 0.15) is 5.56 Å². The molecule has 3 aromatic carbocycles. The number of benzene rings is 3. The Kier molecular flexibility index (Phi) is 4.90. The lowest BCUT2D eigenvalue weighted by Gasteiger charge is -2.12. The van der Waals surface area contributed by atoms with E-state index < -0.39 is 5.97 Å². The van der Waals surface area contributed by atoms with Crippen LogP contribution in [-0.4, -0.2) is 15.9 Å². The van der Waals surface area contributed by atoms with E-state index in [1.54, 1.807) is 18.2 Å². The normalized spacial score (nSPS) is 10.5. The maximum atomic E-state index is 11.1. The summed E-state index contributed by atoms with van der Waals surface area (Å²) in [5.41, 5.74) is 1.84. The number of fused-ring (bicyclic) bond motifs is 1. The van der Waals surface area contributed by atoms with E-state index in [4.69, 9.17) is 4.74 Å². The van der Waals surface area contributed by atoms with Crippen molar-refractivity contribution in [3.63, 3.8) is 0 Å². The minimum atomic E-state index is -1.32. The third-order valence-electron chi connectivity index (χ3n) is 4.33. The van der Waals surface area contributed by atoms with Crippen molar-refractivity contribution in [2.75, 3.05) is 5.32 Å². The molecule has 4 rings (SSSR count). The fraction of sp³-hybridized carbons (Fsp3) is 0. The number of para-hydroxylation sites is 1. The molecule has 0 amide bonds. The summed E-state index contributed by atoms with van der Waals surface area (Å²) in [5, 5.41) is 15.0. The van der Waals surface area contributed by atoms with Crippen LogP contribution in [0.4, 0.5) is 11.5 Å². The number of anilines is 2. The highest BCUT2D eigenvalue weighted by Gasteiger charge is 2.08. The standard InChI is InChI=1S/C23H17N3O3/c1-15(23(27)28)16-7-12-21-20(13-16)22(25-14-24-21)26-17-8-10-19(11-9-17)29-18-5-3-2-4-6-18/h2-14H,1H2,(H,27,28)(H,24,25,26)/p-1. The monoisotopic (exact) mass is 382 g/mol. The van der Waals surface area contributed by atoms with E-state index in [1.807, 2.05) is 54.6 Å². The second-order valence-corrected chi connectivity index (χ2v) is 6.28. The molecule has 0 aliphatic heterocycles. The molecule has 0 bridgehead atoms.